The third kappa shape index (κ3) is 2.01. The molecule has 0 aliphatic heterocycles. The van der Waals surface area contributed by atoms with Crippen LogP contribution in [0.4, 0.5) is 5.82 Å². The number of aromatic nitrogens is 2. The zero-order chi connectivity index (χ0) is 10.7. The van der Waals surface area contributed by atoms with Gasteiger partial charge in [0, 0.05) is 0 Å². The number of rotatable bonds is 3. The van der Waals surface area contributed by atoms with Crippen LogP contribution in [0.2, 0.25) is 0 Å². The number of nitrogens with two attached hydrogens (primary N) is 1. The fourth-order valence-corrected chi connectivity index (χ4v) is 1.18. The molecule has 2 aromatic rings. The Balaban J connectivity index is 2.06. The summed E-state index contributed by atoms with van der Waals surface area (Å²) in [6.07, 6.45) is 1.50. The highest BCUT2D eigenvalue weighted by Crippen LogP contribution is 2.25. The summed E-state index contributed by atoms with van der Waals surface area (Å²) in [6.45, 7) is 0.253. The smallest absolute Gasteiger partial charge is 0.161 e. The first-order chi connectivity index (χ1) is 7.27. The van der Waals surface area contributed by atoms with E-state index in [4.69, 9.17) is 10.5 Å². The second-order valence-electron chi connectivity index (χ2n) is 3.02. The van der Waals surface area contributed by atoms with Crippen molar-refractivity contribution in [2.75, 3.05) is 5.73 Å². The van der Waals surface area contributed by atoms with Crippen LogP contribution in [0.25, 0.3) is 0 Å². The van der Waals surface area contributed by atoms with Crippen molar-refractivity contribution >= 4 is 5.82 Å². The first-order valence-corrected chi connectivity index (χ1v) is 4.46. The van der Waals surface area contributed by atoms with Crippen molar-refractivity contribution in [3.8, 4) is 11.5 Å². The van der Waals surface area contributed by atoms with Gasteiger partial charge in [-0.3, -0.25) is 0 Å². The van der Waals surface area contributed by atoms with Gasteiger partial charge in [-0.05, 0) is 12.1 Å². The maximum Gasteiger partial charge on any atom is 0.161 e. The van der Waals surface area contributed by atoms with Crippen molar-refractivity contribution < 1.29 is 9.84 Å². The van der Waals surface area contributed by atoms with Crippen molar-refractivity contribution in [3.63, 3.8) is 0 Å². The van der Waals surface area contributed by atoms with E-state index in [0.29, 0.717) is 17.3 Å². The topological polar surface area (TPSA) is 84.2 Å². The van der Waals surface area contributed by atoms with Gasteiger partial charge in [-0.1, -0.05) is 12.1 Å². The Hall–Kier alpha value is -2.17. The van der Waals surface area contributed by atoms with Gasteiger partial charge >= 0.3 is 0 Å². The van der Waals surface area contributed by atoms with Crippen LogP contribution >= 0.6 is 0 Å². The lowest BCUT2D eigenvalue weighted by atomic mass is 10.3. The van der Waals surface area contributed by atoms with E-state index in [2.05, 4.69) is 9.97 Å². The van der Waals surface area contributed by atoms with E-state index in [1.807, 2.05) is 0 Å². The van der Waals surface area contributed by atoms with E-state index in [-0.39, 0.29) is 12.4 Å². The molecular weight excluding hydrogens is 194 g/mol. The molecule has 0 aliphatic carbocycles. The number of phenolic OH excluding ortho intramolecular Hbond substituents is 1. The fraction of sp³-hybridized carbons (Fsp3) is 0.100. The van der Waals surface area contributed by atoms with Gasteiger partial charge in [0.15, 0.2) is 11.5 Å². The van der Waals surface area contributed by atoms with E-state index in [1.54, 1.807) is 24.3 Å². The molecule has 4 N–H and O–H groups in total. The number of para-hydroxylation sites is 2. The van der Waals surface area contributed by atoms with Crippen molar-refractivity contribution in [3.05, 3.63) is 36.3 Å². The molecule has 0 atom stereocenters. The minimum absolute atomic E-state index is 0.107. The van der Waals surface area contributed by atoms with Crippen LogP contribution in [0, 0.1) is 0 Å². The van der Waals surface area contributed by atoms with Gasteiger partial charge < -0.3 is 20.6 Å². The monoisotopic (exact) mass is 205 g/mol. The predicted octanol–water partition coefficient (Wildman–Crippen LogP) is 1.28. The third-order valence-corrected chi connectivity index (χ3v) is 1.99. The summed E-state index contributed by atoms with van der Waals surface area (Å²) in [6, 6.07) is 6.76. The number of ether oxygens (including phenoxy) is 1. The molecule has 2 rings (SSSR count). The second kappa shape index (κ2) is 3.91. The number of H-pyrrole nitrogens is 1. The Morgan fingerprint density at radius 2 is 2.20 bits per heavy atom. The Bertz CT molecular complexity index is 453. The van der Waals surface area contributed by atoms with E-state index in [1.165, 1.54) is 6.33 Å². The van der Waals surface area contributed by atoms with Crippen LogP contribution in [0.15, 0.2) is 30.6 Å². The summed E-state index contributed by atoms with van der Waals surface area (Å²) in [5.41, 5.74) is 6.25. The Kier molecular flexibility index (Phi) is 2.45. The van der Waals surface area contributed by atoms with Gasteiger partial charge in [0.1, 0.15) is 12.4 Å². The van der Waals surface area contributed by atoms with Gasteiger partial charge in [-0.25, -0.2) is 4.98 Å². The molecule has 1 aromatic carbocycles. The minimum Gasteiger partial charge on any atom is -0.504 e. The minimum atomic E-state index is 0.107. The molecule has 0 aliphatic rings. The number of hydrogen-bond acceptors (Lipinski definition) is 4. The average molecular weight is 205 g/mol. The largest absolute Gasteiger partial charge is 0.504 e. The maximum atomic E-state index is 9.43. The van der Waals surface area contributed by atoms with Gasteiger partial charge in [-0.15, -0.1) is 0 Å². The number of nitrogens with zero attached hydrogens (tertiary/aromatic N) is 1. The van der Waals surface area contributed by atoms with Crippen molar-refractivity contribution in [2.24, 2.45) is 0 Å². The van der Waals surface area contributed by atoms with E-state index >= 15 is 0 Å². The van der Waals surface area contributed by atoms with Gasteiger partial charge in [0.2, 0.25) is 0 Å². The van der Waals surface area contributed by atoms with Crippen LogP contribution < -0.4 is 10.5 Å². The Labute approximate surface area is 86.5 Å². The van der Waals surface area contributed by atoms with Gasteiger partial charge in [0.25, 0.3) is 0 Å². The van der Waals surface area contributed by atoms with E-state index in [9.17, 15) is 5.11 Å². The summed E-state index contributed by atoms with van der Waals surface area (Å²) in [7, 11) is 0. The molecule has 5 nitrogen and oxygen atoms in total. The highest BCUT2D eigenvalue weighted by atomic mass is 16.5. The molecule has 15 heavy (non-hydrogen) atoms. The number of phenols is 1. The molecule has 0 radical (unpaired) electrons. The van der Waals surface area contributed by atoms with Gasteiger partial charge in [-0.2, -0.15) is 0 Å². The molecule has 0 fully saturated rings. The number of nitrogen functional groups attached to an aromatic ring is 1. The quantitative estimate of drug-likeness (QED) is 0.704. The number of aromatic hydroxyl groups is 1. The summed E-state index contributed by atoms with van der Waals surface area (Å²) in [5.74, 6) is 0.938. The number of nitrogens with one attached hydrogen (secondary N) is 1. The maximum absolute atomic E-state index is 9.43. The van der Waals surface area contributed by atoms with Crippen LogP contribution in [0.3, 0.4) is 0 Å². The standard InChI is InChI=1S/C10H11N3O2/c11-10-7(12-6-13-10)5-15-9-4-2-1-3-8(9)14/h1-4,6,14H,5,11H2,(H,12,13). The fourth-order valence-electron chi connectivity index (χ4n) is 1.18. The number of anilines is 1. The number of aromatic amines is 1. The van der Waals surface area contributed by atoms with Gasteiger partial charge in [0.05, 0.1) is 12.0 Å². The molecule has 5 heteroatoms. The lowest BCUT2D eigenvalue weighted by Gasteiger charge is -2.06. The molecule has 78 valence electrons. The van der Waals surface area contributed by atoms with Crippen molar-refractivity contribution in [2.45, 2.75) is 6.61 Å². The molecular formula is C10H11N3O2. The number of imidazole rings is 1. The zero-order valence-electron chi connectivity index (χ0n) is 7.97. The summed E-state index contributed by atoms with van der Waals surface area (Å²) >= 11 is 0. The van der Waals surface area contributed by atoms with Crippen LogP contribution in [-0.2, 0) is 6.61 Å². The Morgan fingerprint density at radius 3 is 2.87 bits per heavy atom. The van der Waals surface area contributed by atoms with Crippen LogP contribution in [0.1, 0.15) is 5.69 Å². The van der Waals surface area contributed by atoms with Crippen LogP contribution in [-0.4, -0.2) is 15.1 Å². The highest BCUT2D eigenvalue weighted by Gasteiger charge is 2.04. The number of benzene rings is 1. The predicted molar refractivity (Wildman–Crippen MR) is 55.4 cm³/mol. The first-order valence-electron chi connectivity index (χ1n) is 4.46. The summed E-state index contributed by atoms with van der Waals surface area (Å²) < 4.78 is 5.36. The van der Waals surface area contributed by atoms with E-state index in [0.717, 1.165) is 0 Å². The summed E-state index contributed by atoms with van der Waals surface area (Å²) in [4.78, 5) is 6.68. The molecule has 0 unspecified atom stereocenters. The Morgan fingerprint density at radius 1 is 1.40 bits per heavy atom. The molecule has 0 saturated heterocycles. The van der Waals surface area contributed by atoms with Crippen molar-refractivity contribution in [1.82, 2.24) is 9.97 Å². The van der Waals surface area contributed by atoms with Crippen LogP contribution in [0.5, 0.6) is 11.5 Å². The lowest BCUT2D eigenvalue weighted by molar-refractivity contribution is 0.286. The number of hydrogen-bond donors (Lipinski definition) is 3. The third-order valence-electron chi connectivity index (χ3n) is 1.99. The van der Waals surface area contributed by atoms with E-state index < -0.39 is 0 Å². The highest BCUT2D eigenvalue weighted by molar-refractivity contribution is 5.39. The molecule has 1 aromatic heterocycles. The molecule has 0 spiro atoms. The first kappa shape index (κ1) is 9.39. The second-order valence-corrected chi connectivity index (χ2v) is 3.02. The molecule has 0 saturated carbocycles. The molecule has 0 amide bonds. The zero-order valence-corrected chi connectivity index (χ0v) is 7.97. The average Bonchev–Trinajstić information content (AvgIpc) is 2.63. The normalized spacial score (nSPS) is 10.1. The molecule has 0 bridgehead atoms. The SMILES string of the molecule is Nc1nc[nH]c1COc1ccccc1O. The van der Waals surface area contributed by atoms with Crippen molar-refractivity contribution in [1.29, 1.82) is 0 Å². The summed E-state index contributed by atoms with van der Waals surface area (Å²) in [5, 5.41) is 9.43. The molecule has 1 heterocycles. The lowest BCUT2D eigenvalue weighted by Crippen LogP contribution is -1.99.